The van der Waals surface area contributed by atoms with Crippen LogP contribution in [0.5, 0.6) is 5.88 Å². The molecule has 130 valence electrons. The van der Waals surface area contributed by atoms with Crippen LogP contribution in [-0.2, 0) is 9.59 Å². The van der Waals surface area contributed by atoms with Crippen molar-refractivity contribution in [2.75, 3.05) is 0 Å². The molecule has 1 aromatic carbocycles. The molecule has 0 aliphatic rings. The summed E-state index contributed by atoms with van der Waals surface area (Å²) in [6.07, 6.45) is -0.0718. The maximum atomic E-state index is 11.9. The van der Waals surface area contributed by atoms with Gasteiger partial charge in [-0.25, -0.2) is 14.2 Å². The average Bonchev–Trinajstić information content (AvgIpc) is 2.53. The molecule has 1 aromatic heterocycles. The zero-order chi connectivity index (χ0) is 18.6. The quantitative estimate of drug-likeness (QED) is 0.516. The first-order chi connectivity index (χ1) is 11.8. The van der Waals surface area contributed by atoms with Crippen LogP contribution in [0.4, 0.5) is 0 Å². The number of carboxylic acids is 2. The van der Waals surface area contributed by atoms with Crippen molar-refractivity contribution >= 4 is 18.2 Å². The van der Waals surface area contributed by atoms with Crippen LogP contribution in [0, 0.1) is 0 Å². The lowest BCUT2D eigenvalue weighted by molar-refractivity contribution is -0.144. The summed E-state index contributed by atoms with van der Waals surface area (Å²) < 4.78 is 0.801. The third-order valence-corrected chi connectivity index (χ3v) is 3.17. The van der Waals surface area contributed by atoms with Crippen LogP contribution in [0.2, 0.25) is 0 Å². The largest absolute Gasteiger partial charge is 0.493 e. The molecule has 0 saturated heterocycles. The van der Waals surface area contributed by atoms with Crippen LogP contribution in [0.3, 0.4) is 0 Å². The number of aliphatic carboxylic acids is 2. The molecule has 4 N–H and O–H groups in total. The van der Waals surface area contributed by atoms with Crippen LogP contribution in [-0.4, -0.2) is 49.1 Å². The summed E-state index contributed by atoms with van der Waals surface area (Å²) in [4.78, 5) is 50.9. The fourth-order valence-electron chi connectivity index (χ4n) is 2.01. The molecule has 2 aromatic rings. The summed E-state index contributed by atoms with van der Waals surface area (Å²) >= 11 is 0. The van der Waals surface area contributed by atoms with Crippen molar-refractivity contribution in [1.82, 2.24) is 9.55 Å². The van der Waals surface area contributed by atoms with Crippen LogP contribution in [0.1, 0.15) is 12.0 Å². The number of aromatic amines is 1. The molecule has 0 fully saturated rings. The highest BCUT2D eigenvalue weighted by Crippen LogP contribution is 2.15. The maximum absolute atomic E-state index is 11.9. The molecule has 10 heteroatoms. The summed E-state index contributed by atoms with van der Waals surface area (Å²) in [6.45, 7) is 0. The number of hydrogen-bond acceptors (Lipinski definition) is 6. The van der Waals surface area contributed by atoms with E-state index in [1.54, 1.807) is 18.2 Å². The number of hydrogen-bond donors (Lipinski definition) is 4. The lowest BCUT2D eigenvalue weighted by Gasteiger charge is -2.09. The van der Waals surface area contributed by atoms with Crippen LogP contribution < -0.4 is 11.2 Å². The number of para-hydroxylation sites is 1. The van der Waals surface area contributed by atoms with Crippen molar-refractivity contribution in [1.29, 1.82) is 0 Å². The summed E-state index contributed by atoms with van der Waals surface area (Å²) in [7, 11) is 0. The summed E-state index contributed by atoms with van der Waals surface area (Å²) in [5.74, 6) is -3.65. The minimum Gasteiger partial charge on any atom is -0.493 e. The molecule has 0 aliphatic carbocycles. The van der Waals surface area contributed by atoms with E-state index in [2.05, 4.69) is 4.99 Å². The van der Waals surface area contributed by atoms with Gasteiger partial charge in [0.1, 0.15) is 5.56 Å². The second-order valence-electron chi connectivity index (χ2n) is 4.90. The van der Waals surface area contributed by atoms with Gasteiger partial charge in [-0.3, -0.25) is 19.6 Å². The van der Waals surface area contributed by atoms with E-state index < -0.39 is 47.1 Å². The predicted octanol–water partition coefficient (Wildman–Crippen LogP) is -0.422. The van der Waals surface area contributed by atoms with Crippen molar-refractivity contribution in [3.63, 3.8) is 0 Å². The SMILES string of the molecule is O=C(O)CC(N=Cc1c(O)n(-c2ccccc2)c(=O)[nH]c1=O)C(=O)O. The maximum Gasteiger partial charge on any atom is 0.335 e. The Hall–Kier alpha value is -3.69. The Kier molecular flexibility index (Phi) is 5.12. The lowest BCUT2D eigenvalue weighted by Crippen LogP contribution is -2.31. The normalized spacial score (nSPS) is 12.2. The number of carbonyl (C=O) groups is 2. The molecule has 1 heterocycles. The van der Waals surface area contributed by atoms with Crippen molar-refractivity contribution in [2.24, 2.45) is 4.99 Å². The number of H-pyrrole nitrogens is 1. The van der Waals surface area contributed by atoms with E-state index in [4.69, 9.17) is 10.2 Å². The first-order valence-corrected chi connectivity index (χ1v) is 6.92. The Bertz CT molecular complexity index is 944. The molecule has 25 heavy (non-hydrogen) atoms. The number of nitrogens with zero attached hydrogens (tertiary/aromatic N) is 2. The molecular formula is C15H13N3O7. The highest BCUT2D eigenvalue weighted by molar-refractivity contribution is 5.87. The Morgan fingerprint density at radius 1 is 1.20 bits per heavy atom. The van der Waals surface area contributed by atoms with Crippen LogP contribution in [0.15, 0.2) is 44.9 Å². The summed E-state index contributed by atoms with van der Waals surface area (Å²) in [6, 6.07) is 6.26. The van der Waals surface area contributed by atoms with Gasteiger partial charge in [-0.05, 0) is 12.1 Å². The second-order valence-corrected chi connectivity index (χ2v) is 4.90. The number of benzene rings is 1. The van der Waals surface area contributed by atoms with Gasteiger partial charge in [-0.15, -0.1) is 0 Å². The van der Waals surface area contributed by atoms with E-state index in [0.717, 1.165) is 10.8 Å². The van der Waals surface area contributed by atoms with Gasteiger partial charge >= 0.3 is 17.6 Å². The number of aromatic nitrogens is 2. The van der Waals surface area contributed by atoms with Gasteiger partial charge in [0.25, 0.3) is 5.56 Å². The standard InChI is InChI=1S/C15H13N3O7/c19-11(20)6-10(14(23)24)16-7-9-12(21)17-15(25)18(13(9)22)8-4-2-1-3-5-8/h1-5,7,10,22H,6H2,(H,19,20)(H,23,24)(H,17,21,25). The molecular weight excluding hydrogens is 334 g/mol. The molecule has 1 unspecified atom stereocenters. The van der Waals surface area contributed by atoms with Gasteiger partial charge in [-0.2, -0.15) is 0 Å². The summed E-state index contributed by atoms with van der Waals surface area (Å²) in [5, 5.41) is 27.8. The molecule has 0 saturated carbocycles. The highest BCUT2D eigenvalue weighted by atomic mass is 16.4. The molecule has 1 atom stereocenters. The molecule has 0 aliphatic heterocycles. The molecule has 10 nitrogen and oxygen atoms in total. The number of carboxylic acid groups (broad SMARTS) is 2. The van der Waals surface area contributed by atoms with Crippen molar-refractivity contribution in [3.05, 3.63) is 56.7 Å². The van der Waals surface area contributed by atoms with E-state index >= 15 is 0 Å². The fraction of sp³-hybridized carbons (Fsp3) is 0.133. The monoisotopic (exact) mass is 347 g/mol. The fourth-order valence-corrected chi connectivity index (χ4v) is 2.01. The van der Waals surface area contributed by atoms with Crippen molar-refractivity contribution in [2.45, 2.75) is 12.5 Å². The van der Waals surface area contributed by atoms with E-state index in [9.17, 15) is 24.3 Å². The molecule has 2 rings (SSSR count). The van der Waals surface area contributed by atoms with Gasteiger partial charge in [0, 0.05) is 6.21 Å². The number of rotatable bonds is 6. The minimum absolute atomic E-state index is 0.260. The van der Waals surface area contributed by atoms with Crippen LogP contribution >= 0.6 is 0 Å². The third-order valence-electron chi connectivity index (χ3n) is 3.17. The molecule has 0 bridgehead atoms. The van der Waals surface area contributed by atoms with E-state index in [-0.39, 0.29) is 5.69 Å². The Morgan fingerprint density at radius 2 is 1.84 bits per heavy atom. The van der Waals surface area contributed by atoms with Crippen molar-refractivity contribution in [3.8, 4) is 11.6 Å². The van der Waals surface area contributed by atoms with Gasteiger partial charge in [0.15, 0.2) is 6.04 Å². The Balaban J connectivity index is 2.54. The van der Waals surface area contributed by atoms with Gasteiger partial charge in [0.05, 0.1) is 12.1 Å². The first-order valence-electron chi connectivity index (χ1n) is 6.92. The van der Waals surface area contributed by atoms with Gasteiger partial charge in [0.2, 0.25) is 5.88 Å². The zero-order valence-electron chi connectivity index (χ0n) is 12.6. The van der Waals surface area contributed by atoms with Gasteiger partial charge < -0.3 is 15.3 Å². The average molecular weight is 347 g/mol. The van der Waals surface area contributed by atoms with Crippen molar-refractivity contribution < 1.29 is 24.9 Å². The third kappa shape index (κ3) is 3.99. The number of aliphatic imine (C=N–C) groups is 1. The smallest absolute Gasteiger partial charge is 0.335 e. The second kappa shape index (κ2) is 7.25. The number of aromatic hydroxyl groups is 1. The Morgan fingerprint density at radius 3 is 2.40 bits per heavy atom. The van der Waals surface area contributed by atoms with E-state index in [1.165, 1.54) is 12.1 Å². The first kappa shape index (κ1) is 17.7. The molecule has 0 spiro atoms. The number of nitrogens with one attached hydrogen (secondary N) is 1. The lowest BCUT2D eigenvalue weighted by atomic mass is 10.2. The highest BCUT2D eigenvalue weighted by Gasteiger charge is 2.20. The molecule has 0 radical (unpaired) electrons. The Labute approximate surface area is 139 Å². The van der Waals surface area contributed by atoms with E-state index in [0.29, 0.717) is 0 Å². The predicted molar refractivity (Wildman–Crippen MR) is 85.6 cm³/mol. The summed E-state index contributed by atoms with van der Waals surface area (Å²) in [5.41, 5.74) is -2.10. The van der Waals surface area contributed by atoms with E-state index in [1.807, 2.05) is 4.98 Å². The topological polar surface area (TPSA) is 162 Å². The van der Waals surface area contributed by atoms with Crippen LogP contribution in [0.25, 0.3) is 5.69 Å². The molecule has 0 amide bonds. The zero-order valence-corrected chi connectivity index (χ0v) is 12.6. The minimum atomic E-state index is -1.64. The van der Waals surface area contributed by atoms with Gasteiger partial charge in [-0.1, -0.05) is 18.2 Å².